The predicted molar refractivity (Wildman–Crippen MR) is 150 cm³/mol. The third kappa shape index (κ3) is 6.17. The summed E-state index contributed by atoms with van der Waals surface area (Å²) < 4.78 is 10.9. The predicted octanol–water partition coefficient (Wildman–Crippen LogP) is 4.27. The van der Waals surface area contributed by atoms with Crippen LogP contribution in [-0.4, -0.2) is 47.0 Å². The average molecular weight is 543 g/mol. The van der Waals surface area contributed by atoms with Crippen LogP contribution in [0.15, 0.2) is 96.2 Å². The molecule has 2 amide bonds. The Bertz CT molecular complexity index is 1360. The molecule has 200 valence electrons. The van der Waals surface area contributed by atoms with Gasteiger partial charge < -0.3 is 14.8 Å². The number of methoxy groups -OCH3 is 1. The number of rotatable bonds is 10. The molecule has 8 heteroatoms. The first-order chi connectivity index (χ1) is 19.0. The number of nitrogens with zero attached hydrogens (tertiary/aromatic N) is 1. The molecule has 0 saturated carbocycles. The maximum Gasteiger partial charge on any atom is 0.355 e. The van der Waals surface area contributed by atoms with Gasteiger partial charge in [-0.1, -0.05) is 72.8 Å². The first-order valence-corrected chi connectivity index (χ1v) is 13.9. The highest BCUT2D eigenvalue weighted by molar-refractivity contribution is 8.00. The molecule has 2 heterocycles. The smallest absolute Gasteiger partial charge is 0.355 e. The normalized spacial score (nSPS) is 18.2. The van der Waals surface area contributed by atoms with Crippen molar-refractivity contribution >= 4 is 29.5 Å². The standard InChI is InChI=1S/C31H30N2O5S/c1-37-25-16-13-23(14-17-25)19-38-31(36)28-24(15-12-21-8-4-2-5-9-21)20-39-30-27(29(35)33(28)30)32-26(34)18-22-10-6-3-7-11-22/h2-11,13-14,16-17,27,30H,12,15,18-20H2,1H3,(H,32,34)/t27-,30-/m1/s1. The summed E-state index contributed by atoms with van der Waals surface area (Å²) in [5, 5.41) is 2.53. The summed E-state index contributed by atoms with van der Waals surface area (Å²) in [5.41, 5.74) is 4.03. The lowest BCUT2D eigenvalue weighted by molar-refractivity contribution is -0.153. The van der Waals surface area contributed by atoms with Crippen LogP contribution < -0.4 is 10.1 Å². The van der Waals surface area contributed by atoms with E-state index < -0.39 is 12.0 Å². The second kappa shape index (κ2) is 12.2. The average Bonchev–Trinajstić information content (AvgIpc) is 2.98. The molecule has 1 N–H and O–H groups in total. The fourth-order valence-electron chi connectivity index (χ4n) is 4.75. The Morgan fingerprint density at radius 2 is 1.56 bits per heavy atom. The van der Waals surface area contributed by atoms with E-state index >= 15 is 0 Å². The van der Waals surface area contributed by atoms with E-state index in [-0.39, 0.29) is 30.2 Å². The lowest BCUT2D eigenvalue weighted by Crippen LogP contribution is -2.70. The summed E-state index contributed by atoms with van der Waals surface area (Å²) in [6.07, 6.45) is 1.57. The van der Waals surface area contributed by atoms with Crippen LogP contribution in [0.5, 0.6) is 5.75 Å². The quantitative estimate of drug-likeness (QED) is 0.304. The Kier molecular flexibility index (Phi) is 8.32. The zero-order valence-corrected chi connectivity index (χ0v) is 22.5. The minimum atomic E-state index is -0.675. The molecule has 5 rings (SSSR count). The van der Waals surface area contributed by atoms with Gasteiger partial charge in [0, 0.05) is 5.75 Å². The summed E-state index contributed by atoms with van der Waals surface area (Å²) in [5.74, 6) is 0.264. The maximum atomic E-state index is 13.4. The molecule has 2 aliphatic rings. The number of hydrogen-bond acceptors (Lipinski definition) is 6. The van der Waals surface area contributed by atoms with Crippen molar-refractivity contribution in [1.82, 2.24) is 10.2 Å². The summed E-state index contributed by atoms with van der Waals surface area (Å²) in [4.78, 5) is 40.9. The molecule has 7 nitrogen and oxygen atoms in total. The van der Waals surface area contributed by atoms with E-state index in [4.69, 9.17) is 9.47 Å². The fraction of sp³-hybridized carbons (Fsp3) is 0.258. The minimum absolute atomic E-state index is 0.0787. The Labute approximate surface area is 232 Å². The summed E-state index contributed by atoms with van der Waals surface area (Å²) in [6, 6.07) is 26.1. The van der Waals surface area contributed by atoms with E-state index in [0.29, 0.717) is 17.9 Å². The molecular formula is C31H30N2O5S. The van der Waals surface area contributed by atoms with E-state index in [1.54, 1.807) is 18.9 Å². The number of amides is 2. The lowest BCUT2D eigenvalue weighted by Gasteiger charge is -2.49. The molecule has 3 aromatic rings. The number of ether oxygens (including phenoxy) is 2. The van der Waals surface area contributed by atoms with Crippen molar-refractivity contribution in [1.29, 1.82) is 0 Å². The van der Waals surface area contributed by atoms with Gasteiger partial charge in [-0.15, -0.1) is 11.8 Å². The van der Waals surface area contributed by atoms with Crippen molar-refractivity contribution in [2.75, 3.05) is 12.9 Å². The molecule has 0 unspecified atom stereocenters. The van der Waals surface area contributed by atoms with Crippen molar-refractivity contribution in [2.45, 2.75) is 37.3 Å². The molecule has 0 spiro atoms. The second-order valence-electron chi connectivity index (χ2n) is 9.48. The van der Waals surface area contributed by atoms with E-state index in [1.165, 1.54) is 4.90 Å². The van der Waals surface area contributed by atoms with Crippen LogP contribution in [0.3, 0.4) is 0 Å². The van der Waals surface area contributed by atoms with Gasteiger partial charge in [0.15, 0.2) is 0 Å². The van der Waals surface area contributed by atoms with Crippen LogP contribution in [0, 0.1) is 0 Å². The zero-order valence-electron chi connectivity index (χ0n) is 21.7. The van der Waals surface area contributed by atoms with Crippen LogP contribution in [-0.2, 0) is 38.6 Å². The number of benzene rings is 3. The highest BCUT2D eigenvalue weighted by Crippen LogP contribution is 2.42. The van der Waals surface area contributed by atoms with Crippen LogP contribution >= 0.6 is 11.8 Å². The van der Waals surface area contributed by atoms with Gasteiger partial charge in [0.05, 0.1) is 13.5 Å². The Balaban J connectivity index is 1.30. The van der Waals surface area contributed by atoms with Crippen molar-refractivity contribution in [3.05, 3.63) is 113 Å². The Morgan fingerprint density at radius 3 is 2.23 bits per heavy atom. The topological polar surface area (TPSA) is 84.9 Å². The molecule has 3 aromatic carbocycles. The number of carbonyl (C=O) groups is 3. The minimum Gasteiger partial charge on any atom is -0.497 e. The molecule has 2 aliphatic heterocycles. The molecule has 0 aromatic heterocycles. The van der Waals surface area contributed by atoms with Crippen molar-refractivity contribution in [2.24, 2.45) is 0 Å². The number of thioether (sulfide) groups is 1. The van der Waals surface area contributed by atoms with Crippen molar-refractivity contribution in [3.8, 4) is 5.75 Å². The fourth-order valence-corrected chi connectivity index (χ4v) is 6.14. The van der Waals surface area contributed by atoms with Gasteiger partial charge in [-0.25, -0.2) is 4.79 Å². The highest BCUT2D eigenvalue weighted by Gasteiger charge is 2.54. The second-order valence-corrected chi connectivity index (χ2v) is 10.6. The first-order valence-electron chi connectivity index (χ1n) is 12.9. The Morgan fingerprint density at radius 1 is 0.897 bits per heavy atom. The summed E-state index contributed by atoms with van der Waals surface area (Å²) in [6.45, 7) is 0.0787. The molecule has 0 aliphatic carbocycles. The molecule has 0 bridgehead atoms. The molecular weight excluding hydrogens is 512 g/mol. The van der Waals surface area contributed by atoms with Gasteiger partial charge in [-0.05, 0) is 47.2 Å². The number of carbonyl (C=O) groups excluding carboxylic acids is 3. The number of β-lactam (4-membered cyclic amide) rings is 1. The molecule has 1 fully saturated rings. The van der Waals surface area contributed by atoms with Gasteiger partial charge >= 0.3 is 5.97 Å². The van der Waals surface area contributed by atoms with E-state index in [0.717, 1.165) is 34.4 Å². The zero-order chi connectivity index (χ0) is 27.2. The van der Waals surface area contributed by atoms with Gasteiger partial charge in [0.25, 0.3) is 5.91 Å². The molecule has 2 atom stereocenters. The number of nitrogens with one attached hydrogen (secondary N) is 1. The van der Waals surface area contributed by atoms with Crippen molar-refractivity contribution < 1.29 is 23.9 Å². The van der Waals surface area contributed by atoms with E-state index in [9.17, 15) is 14.4 Å². The summed E-state index contributed by atoms with van der Waals surface area (Å²) in [7, 11) is 1.59. The van der Waals surface area contributed by atoms with Crippen LogP contribution in [0.4, 0.5) is 0 Å². The molecule has 39 heavy (non-hydrogen) atoms. The van der Waals surface area contributed by atoms with Gasteiger partial charge in [0.1, 0.15) is 29.5 Å². The Hall–Kier alpha value is -4.04. The largest absolute Gasteiger partial charge is 0.497 e. The van der Waals surface area contributed by atoms with Gasteiger partial charge in [-0.3, -0.25) is 14.5 Å². The number of fused-ring (bicyclic) bond motifs is 1. The van der Waals surface area contributed by atoms with E-state index in [1.807, 2.05) is 84.9 Å². The SMILES string of the molecule is COc1ccc(COC(=O)C2=C(CCc3ccccc3)CS[C@@H]3[C@H](NC(=O)Cc4ccccc4)C(=O)N23)cc1. The van der Waals surface area contributed by atoms with E-state index in [2.05, 4.69) is 5.32 Å². The lowest BCUT2D eigenvalue weighted by atomic mass is 9.98. The number of hydrogen-bond donors (Lipinski definition) is 1. The van der Waals surface area contributed by atoms with Crippen molar-refractivity contribution in [3.63, 3.8) is 0 Å². The third-order valence-electron chi connectivity index (χ3n) is 6.85. The highest BCUT2D eigenvalue weighted by atomic mass is 32.2. The molecule has 0 radical (unpaired) electrons. The number of aryl methyl sites for hydroxylation is 1. The number of esters is 1. The van der Waals surface area contributed by atoms with Gasteiger partial charge in [-0.2, -0.15) is 0 Å². The van der Waals surface area contributed by atoms with Gasteiger partial charge in [0.2, 0.25) is 5.91 Å². The van der Waals surface area contributed by atoms with Crippen LogP contribution in [0.2, 0.25) is 0 Å². The first kappa shape index (κ1) is 26.6. The van der Waals surface area contributed by atoms with Crippen LogP contribution in [0.1, 0.15) is 23.1 Å². The molecule has 1 saturated heterocycles. The third-order valence-corrected chi connectivity index (χ3v) is 8.19. The summed E-state index contributed by atoms with van der Waals surface area (Å²) >= 11 is 1.57. The maximum absolute atomic E-state index is 13.4. The van der Waals surface area contributed by atoms with Crippen LogP contribution in [0.25, 0.3) is 0 Å². The monoisotopic (exact) mass is 542 g/mol.